The summed E-state index contributed by atoms with van der Waals surface area (Å²) in [4.78, 5) is 0. The van der Waals surface area contributed by atoms with Gasteiger partial charge in [0.05, 0.1) is 0 Å². The summed E-state index contributed by atoms with van der Waals surface area (Å²) >= 11 is 0. The standard InChI is InChI=1S/C12H14FN/c13-10-4-2-1-3-9(10)12(14)7-11(8-12)5-6-11/h1-4H,5-8,14H2. The second-order valence-corrected chi connectivity index (χ2v) is 4.99. The Hall–Kier alpha value is -0.890. The lowest BCUT2D eigenvalue weighted by Gasteiger charge is -2.46. The summed E-state index contributed by atoms with van der Waals surface area (Å²) < 4.78 is 13.5. The fourth-order valence-corrected chi connectivity index (χ4v) is 2.87. The van der Waals surface area contributed by atoms with E-state index >= 15 is 0 Å². The lowest BCUT2D eigenvalue weighted by Crippen LogP contribution is -2.50. The maximum Gasteiger partial charge on any atom is 0.128 e. The molecule has 2 heteroatoms. The van der Waals surface area contributed by atoms with E-state index in [0.29, 0.717) is 11.0 Å². The van der Waals surface area contributed by atoms with Gasteiger partial charge < -0.3 is 5.73 Å². The molecule has 1 aromatic rings. The van der Waals surface area contributed by atoms with E-state index in [1.54, 1.807) is 6.07 Å². The van der Waals surface area contributed by atoms with Gasteiger partial charge in [0.2, 0.25) is 0 Å². The van der Waals surface area contributed by atoms with Gasteiger partial charge in [-0.25, -0.2) is 4.39 Å². The molecule has 0 aliphatic heterocycles. The van der Waals surface area contributed by atoms with Crippen molar-refractivity contribution in [3.63, 3.8) is 0 Å². The highest BCUT2D eigenvalue weighted by Crippen LogP contribution is 2.67. The summed E-state index contributed by atoms with van der Waals surface area (Å²) in [7, 11) is 0. The van der Waals surface area contributed by atoms with Crippen LogP contribution in [0.4, 0.5) is 4.39 Å². The number of halogens is 1. The first-order valence-corrected chi connectivity index (χ1v) is 5.18. The first-order valence-electron chi connectivity index (χ1n) is 5.18. The normalized spacial score (nSPS) is 25.9. The zero-order valence-corrected chi connectivity index (χ0v) is 8.09. The van der Waals surface area contributed by atoms with E-state index in [1.165, 1.54) is 18.9 Å². The zero-order chi connectivity index (χ0) is 9.81. The van der Waals surface area contributed by atoms with Crippen molar-refractivity contribution in [3.8, 4) is 0 Å². The minimum absolute atomic E-state index is 0.148. The maximum absolute atomic E-state index is 13.5. The third kappa shape index (κ3) is 1.04. The molecule has 1 spiro atoms. The van der Waals surface area contributed by atoms with Crippen LogP contribution in [0.25, 0.3) is 0 Å². The summed E-state index contributed by atoms with van der Waals surface area (Å²) in [5, 5.41) is 0. The van der Waals surface area contributed by atoms with Gasteiger partial charge in [0.25, 0.3) is 0 Å². The summed E-state index contributed by atoms with van der Waals surface area (Å²) in [6.45, 7) is 0. The summed E-state index contributed by atoms with van der Waals surface area (Å²) in [5.41, 5.74) is 7.04. The Morgan fingerprint density at radius 2 is 1.79 bits per heavy atom. The molecule has 2 N–H and O–H groups in total. The van der Waals surface area contributed by atoms with E-state index < -0.39 is 0 Å². The van der Waals surface area contributed by atoms with Crippen molar-refractivity contribution >= 4 is 0 Å². The molecule has 2 aliphatic carbocycles. The van der Waals surface area contributed by atoms with Crippen LogP contribution in [0.5, 0.6) is 0 Å². The molecule has 0 unspecified atom stereocenters. The van der Waals surface area contributed by atoms with Crippen LogP contribution in [0.2, 0.25) is 0 Å². The van der Waals surface area contributed by atoms with Gasteiger partial charge in [0.15, 0.2) is 0 Å². The van der Waals surface area contributed by atoms with Crippen molar-refractivity contribution in [2.24, 2.45) is 11.1 Å². The van der Waals surface area contributed by atoms with Crippen LogP contribution in [0.15, 0.2) is 24.3 Å². The SMILES string of the molecule is NC1(c2ccccc2F)CC2(CC2)C1. The maximum atomic E-state index is 13.5. The van der Waals surface area contributed by atoms with Gasteiger partial charge in [0, 0.05) is 11.1 Å². The van der Waals surface area contributed by atoms with Crippen LogP contribution in [0, 0.1) is 11.2 Å². The highest BCUT2D eigenvalue weighted by atomic mass is 19.1. The molecule has 0 heterocycles. The van der Waals surface area contributed by atoms with Gasteiger partial charge in [-0.1, -0.05) is 18.2 Å². The molecule has 0 aromatic heterocycles. The molecule has 0 amide bonds. The van der Waals surface area contributed by atoms with Crippen molar-refractivity contribution in [1.82, 2.24) is 0 Å². The molecular weight excluding hydrogens is 177 g/mol. The van der Waals surface area contributed by atoms with E-state index in [2.05, 4.69) is 0 Å². The van der Waals surface area contributed by atoms with E-state index in [9.17, 15) is 4.39 Å². The molecule has 3 rings (SSSR count). The quantitative estimate of drug-likeness (QED) is 0.725. The van der Waals surface area contributed by atoms with Gasteiger partial charge in [-0.15, -0.1) is 0 Å². The first kappa shape index (κ1) is 8.42. The summed E-state index contributed by atoms with van der Waals surface area (Å²) in [6.07, 6.45) is 4.53. The van der Waals surface area contributed by atoms with E-state index in [4.69, 9.17) is 5.73 Å². The Morgan fingerprint density at radius 3 is 2.36 bits per heavy atom. The summed E-state index contributed by atoms with van der Waals surface area (Å²) in [6, 6.07) is 6.91. The van der Waals surface area contributed by atoms with Crippen LogP contribution >= 0.6 is 0 Å². The topological polar surface area (TPSA) is 26.0 Å². The monoisotopic (exact) mass is 191 g/mol. The Labute approximate surface area is 83.1 Å². The molecule has 14 heavy (non-hydrogen) atoms. The number of rotatable bonds is 1. The molecule has 1 nitrogen and oxygen atoms in total. The van der Waals surface area contributed by atoms with Crippen LogP contribution in [0.3, 0.4) is 0 Å². The van der Waals surface area contributed by atoms with Crippen molar-refractivity contribution in [2.45, 2.75) is 31.2 Å². The highest BCUT2D eigenvalue weighted by Gasteiger charge is 2.60. The Bertz CT molecular complexity index is 374. The van der Waals surface area contributed by atoms with E-state index in [0.717, 1.165) is 12.8 Å². The predicted octanol–water partition coefficient (Wildman–Crippen LogP) is 2.55. The van der Waals surface area contributed by atoms with Crippen molar-refractivity contribution in [1.29, 1.82) is 0 Å². The fraction of sp³-hybridized carbons (Fsp3) is 0.500. The number of hydrogen-bond donors (Lipinski definition) is 1. The zero-order valence-electron chi connectivity index (χ0n) is 8.09. The lowest BCUT2D eigenvalue weighted by atomic mass is 9.63. The molecule has 0 saturated heterocycles. The van der Waals surface area contributed by atoms with E-state index in [1.807, 2.05) is 12.1 Å². The van der Waals surface area contributed by atoms with Crippen LogP contribution in [0.1, 0.15) is 31.2 Å². The molecular formula is C12H14FN. The molecule has 2 aliphatic rings. The van der Waals surface area contributed by atoms with Gasteiger partial charge >= 0.3 is 0 Å². The molecule has 0 atom stereocenters. The second-order valence-electron chi connectivity index (χ2n) is 4.99. The van der Waals surface area contributed by atoms with Gasteiger partial charge in [-0.2, -0.15) is 0 Å². The number of benzene rings is 1. The number of nitrogens with two attached hydrogens (primary N) is 1. The van der Waals surface area contributed by atoms with Gasteiger partial charge in [0.1, 0.15) is 5.82 Å². The van der Waals surface area contributed by atoms with Crippen LogP contribution < -0.4 is 5.73 Å². The molecule has 2 fully saturated rings. The van der Waals surface area contributed by atoms with Gasteiger partial charge in [-0.3, -0.25) is 0 Å². The predicted molar refractivity (Wildman–Crippen MR) is 53.2 cm³/mol. The van der Waals surface area contributed by atoms with E-state index in [-0.39, 0.29) is 11.4 Å². The molecule has 0 bridgehead atoms. The van der Waals surface area contributed by atoms with Crippen molar-refractivity contribution in [3.05, 3.63) is 35.6 Å². The largest absolute Gasteiger partial charge is 0.321 e. The lowest BCUT2D eigenvalue weighted by molar-refractivity contribution is 0.121. The van der Waals surface area contributed by atoms with Crippen LogP contribution in [-0.4, -0.2) is 0 Å². The minimum Gasteiger partial charge on any atom is -0.321 e. The minimum atomic E-state index is -0.373. The Balaban J connectivity index is 1.92. The van der Waals surface area contributed by atoms with Gasteiger partial charge in [-0.05, 0) is 37.2 Å². The first-order chi connectivity index (χ1) is 6.64. The number of hydrogen-bond acceptors (Lipinski definition) is 1. The second kappa shape index (κ2) is 2.37. The summed E-state index contributed by atoms with van der Waals surface area (Å²) in [5.74, 6) is -0.148. The average molecular weight is 191 g/mol. The third-order valence-corrected chi connectivity index (χ3v) is 3.75. The molecule has 0 radical (unpaired) electrons. The molecule has 2 saturated carbocycles. The van der Waals surface area contributed by atoms with Crippen molar-refractivity contribution < 1.29 is 4.39 Å². The Morgan fingerprint density at radius 1 is 1.14 bits per heavy atom. The highest BCUT2D eigenvalue weighted by molar-refractivity contribution is 5.32. The Kier molecular flexibility index (Phi) is 1.43. The molecule has 74 valence electrons. The average Bonchev–Trinajstić information content (AvgIpc) is 2.84. The van der Waals surface area contributed by atoms with Crippen molar-refractivity contribution in [2.75, 3.05) is 0 Å². The smallest absolute Gasteiger partial charge is 0.128 e. The fourth-order valence-electron chi connectivity index (χ4n) is 2.87. The van der Waals surface area contributed by atoms with Crippen LogP contribution in [-0.2, 0) is 5.54 Å². The third-order valence-electron chi connectivity index (χ3n) is 3.75. The molecule has 1 aromatic carbocycles.